The molecule has 0 saturated heterocycles. The van der Waals surface area contributed by atoms with Gasteiger partial charge >= 0.3 is 0 Å². The van der Waals surface area contributed by atoms with Crippen molar-refractivity contribution in [3.05, 3.63) is 42.5 Å². The van der Waals surface area contributed by atoms with E-state index >= 15 is 0 Å². The largest absolute Gasteiger partial charge is 0.114 e. The van der Waals surface area contributed by atoms with E-state index in [1.165, 1.54) is 44.1 Å². The molecular formula is C17H25B. The van der Waals surface area contributed by atoms with Gasteiger partial charge < -0.3 is 0 Å². The molecule has 1 aromatic rings. The number of unbranched alkanes of at least 4 members (excludes halogenated alkanes) is 3. The zero-order valence-corrected chi connectivity index (χ0v) is 11.7. The second-order valence-corrected chi connectivity index (χ2v) is 5.04. The number of benzene rings is 1. The Morgan fingerprint density at radius 2 is 1.89 bits per heavy atom. The molecule has 0 spiro atoms. The Kier molecular flexibility index (Phi) is 7.56. The zero-order valence-electron chi connectivity index (χ0n) is 11.7. The Balaban J connectivity index is 2.59. The average molecular weight is 240 g/mol. The molecule has 1 unspecified atom stereocenters. The first-order valence-electron chi connectivity index (χ1n) is 7.24. The predicted molar refractivity (Wildman–Crippen MR) is 82.8 cm³/mol. The van der Waals surface area contributed by atoms with Crippen LogP contribution in [0, 0.1) is 0 Å². The summed E-state index contributed by atoms with van der Waals surface area (Å²) >= 11 is 0. The quantitative estimate of drug-likeness (QED) is 0.338. The minimum atomic E-state index is 0.635. The van der Waals surface area contributed by atoms with Crippen LogP contribution in [0.3, 0.4) is 0 Å². The average Bonchev–Trinajstić information content (AvgIpc) is 2.39. The third-order valence-corrected chi connectivity index (χ3v) is 3.55. The Labute approximate surface area is 114 Å². The highest BCUT2D eigenvalue weighted by atomic mass is 14.2. The van der Waals surface area contributed by atoms with Crippen molar-refractivity contribution in [3.63, 3.8) is 0 Å². The maximum absolute atomic E-state index is 6.11. The summed E-state index contributed by atoms with van der Waals surface area (Å²) in [7, 11) is 6.11. The van der Waals surface area contributed by atoms with Crippen LogP contribution >= 0.6 is 0 Å². The summed E-state index contributed by atoms with van der Waals surface area (Å²) in [5.41, 5.74) is 2.31. The fourth-order valence-electron chi connectivity index (χ4n) is 2.47. The molecule has 0 saturated carbocycles. The lowest BCUT2D eigenvalue weighted by atomic mass is 9.80. The molecule has 0 heterocycles. The standard InChI is InChI=1S/C17H25B/c1-3-5-7-8-12-15(11-6-4-2)16-13-9-10-14-17(16)18/h3,9-10,13-15H,1,4-8,11-12H2,2H3. The molecule has 1 rings (SSSR count). The first-order valence-corrected chi connectivity index (χ1v) is 7.24. The molecule has 0 bridgehead atoms. The highest BCUT2D eigenvalue weighted by molar-refractivity contribution is 6.33. The lowest BCUT2D eigenvalue weighted by Gasteiger charge is -2.19. The van der Waals surface area contributed by atoms with E-state index in [4.69, 9.17) is 7.85 Å². The molecule has 1 heteroatoms. The van der Waals surface area contributed by atoms with Gasteiger partial charge in [0.15, 0.2) is 0 Å². The maximum atomic E-state index is 6.11. The molecule has 0 fully saturated rings. The fourth-order valence-corrected chi connectivity index (χ4v) is 2.47. The molecule has 0 nitrogen and oxygen atoms in total. The summed E-state index contributed by atoms with van der Waals surface area (Å²) in [6.07, 6.45) is 10.7. The number of hydrogen-bond donors (Lipinski definition) is 0. The van der Waals surface area contributed by atoms with Gasteiger partial charge in [0, 0.05) is 0 Å². The van der Waals surface area contributed by atoms with Crippen LogP contribution in [0.1, 0.15) is 63.4 Å². The lowest BCUT2D eigenvalue weighted by molar-refractivity contribution is 0.521. The van der Waals surface area contributed by atoms with Crippen molar-refractivity contribution in [2.24, 2.45) is 0 Å². The Morgan fingerprint density at radius 3 is 2.56 bits per heavy atom. The molecule has 0 aromatic heterocycles. The lowest BCUT2D eigenvalue weighted by Crippen LogP contribution is -2.14. The van der Waals surface area contributed by atoms with Crippen molar-refractivity contribution in [2.45, 2.75) is 57.8 Å². The molecule has 0 amide bonds. The summed E-state index contributed by atoms with van der Waals surface area (Å²) in [6.45, 7) is 6.03. The molecular weight excluding hydrogens is 215 g/mol. The van der Waals surface area contributed by atoms with E-state index in [0.29, 0.717) is 5.92 Å². The Hall–Kier alpha value is -0.975. The number of rotatable bonds is 9. The van der Waals surface area contributed by atoms with E-state index < -0.39 is 0 Å². The second kappa shape index (κ2) is 9.02. The minimum Gasteiger partial charge on any atom is -0.103 e. The van der Waals surface area contributed by atoms with E-state index in [1.807, 2.05) is 18.2 Å². The van der Waals surface area contributed by atoms with Gasteiger partial charge in [-0.25, -0.2) is 0 Å². The first-order chi connectivity index (χ1) is 8.79. The van der Waals surface area contributed by atoms with Gasteiger partial charge in [-0.1, -0.05) is 67.6 Å². The topological polar surface area (TPSA) is 0 Å². The maximum Gasteiger partial charge on any atom is 0.114 e. The van der Waals surface area contributed by atoms with Crippen molar-refractivity contribution in [3.8, 4) is 0 Å². The van der Waals surface area contributed by atoms with Crippen LogP contribution in [-0.2, 0) is 0 Å². The highest BCUT2D eigenvalue weighted by Gasteiger charge is 2.12. The normalized spacial score (nSPS) is 12.3. The predicted octanol–water partition coefficient (Wildman–Crippen LogP) is 4.50. The first kappa shape index (κ1) is 15.1. The van der Waals surface area contributed by atoms with Gasteiger partial charge in [-0.15, -0.1) is 6.58 Å². The van der Waals surface area contributed by atoms with Gasteiger partial charge in [-0.3, -0.25) is 0 Å². The van der Waals surface area contributed by atoms with Crippen LogP contribution in [0.4, 0.5) is 0 Å². The third-order valence-electron chi connectivity index (χ3n) is 3.55. The molecule has 0 aliphatic rings. The molecule has 96 valence electrons. The van der Waals surface area contributed by atoms with Gasteiger partial charge in [-0.05, 0) is 31.6 Å². The van der Waals surface area contributed by atoms with Crippen LogP contribution in [0.2, 0.25) is 0 Å². The monoisotopic (exact) mass is 240 g/mol. The summed E-state index contributed by atoms with van der Waals surface area (Å²) in [5, 5.41) is 0. The van der Waals surface area contributed by atoms with Crippen LogP contribution in [0.15, 0.2) is 36.9 Å². The van der Waals surface area contributed by atoms with Crippen molar-refractivity contribution in [1.82, 2.24) is 0 Å². The van der Waals surface area contributed by atoms with Crippen molar-refractivity contribution in [2.75, 3.05) is 0 Å². The molecule has 1 aromatic carbocycles. The smallest absolute Gasteiger partial charge is 0.103 e. The van der Waals surface area contributed by atoms with E-state index in [0.717, 1.165) is 11.9 Å². The van der Waals surface area contributed by atoms with Crippen LogP contribution in [0.5, 0.6) is 0 Å². The summed E-state index contributed by atoms with van der Waals surface area (Å²) < 4.78 is 0. The summed E-state index contributed by atoms with van der Waals surface area (Å²) in [6, 6.07) is 8.35. The number of hydrogen-bond acceptors (Lipinski definition) is 0. The van der Waals surface area contributed by atoms with E-state index in [9.17, 15) is 0 Å². The minimum absolute atomic E-state index is 0.635. The van der Waals surface area contributed by atoms with E-state index in [2.05, 4.69) is 25.6 Å². The number of allylic oxidation sites excluding steroid dienone is 1. The van der Waals surface area contributed by atoms with E-state index in [-0.39, 0.29) is 0 Å². The molecule has 1 atom stereocenters. The summed E-state index contributed by atoms with van der Waals surface area (Å²) in [5.74, 6) is 0.635. The molecule has 18 heavy (non-hydrogen) atoms. The van der Waals surface area contributed by atoms with Crippen LogP contribution < -0.4 is 5.46 Å². The Morgan fingerprint density at radius 1 is 1.17 bits per heavy atom. The second-order valence-electron chi connectivity index (χ2n) is 5.04. The van der Waals surface area contributed by atoms with Crippen LogP contribution in [0.25, 0.3) is 0 Å². The van der Waals surface area contributed by atoms with Crippen molar-refractivity contribution < 1.29 is 0 Å². The molecule has 0 aliphatic heterocycles. The third kappa shape index (κ3) is 5.12. The highest BCUT2D eigenvalue weighted by Crippen LogP contribution is 2.26. The van der Waals surface area contributed by atoms with Crippen LogP contribution in [-0.4, -0.2) is 7.85 Å². The SMILES string of the molecule is [B]c1ccccc1C(CCCC)CCCCC=C. The van der Waals surface area contributed by atoms with Gasteiger partial charge in [0.25, 0.3) is 0 Å². The fraction of sp³-hybridized carbons (Fsp3) is 0.529. The van der Waals surface area contributed by atoms with Gasteiger partial charge in [0.1, 0.15) is 7.85 Å². The molecule has 2 radical (unpaired) electrons. The summed E-state index contributed by atoms with van der Waals surface area (Å²) in [4.78, 5) is 0. The molecule has 0 aliphatic carbocycles. The van der Waals surface area contributed by atoms with Crippen molar-refractivity contribution >= 4 is 13.3 Å². The van der Waals surface area contributed by atoms with Gasteiger partial charge in [0.2, 0.25) is 0 Å². The van der Waals surface area contributed by atoms with Gasteiger partial charge in [-0.2, -0.15) is 0 Å². The van der Waals surface area contributed by atoms with E-state index in [1.54, 1.807) is 0 Å². The molecule has 0 N–H and O–H groups in total. The zero-order chi connectivity index (χ0) is 13.2. The van der Waals surface area contributed by atoms with Gasteiger partial charge in [0.05, 0.1) is 0 Å². The Bertz CT molecular complexity index is 343. The van der Waals surface area contributed by atoms with Crippen molar-refractivity contribution in [1.29, 1.82) is 0 Å².